The van der Waals surface area contributed by atoms with Crippen molar-refractivity contribution in [2.45, 2.75) is 19.0 Å². The van der Waals surface area contributed by atoms with Crippen LogP contribution in [-0.2, 0) is 6.54 Å². The van der Waals surface area contributed by atoms with Gasteiger partial charge in [-0.15, -0.1) is 12.4 Å². The van der Waals surface area contributed by atoms with Crippen molar-refractivity contribution in [2.24, 2.45) is 0 Å². The molecule has 2 fully saturated rings. The Bertz CT molecular complexity index is 458. The Balaban J connectivity index is 0.00000161. The van der Waals surface area contributed by atoms with E-state index >= 15 is 0 Å². The van der Waals surface area contributed by atoms with Crippen LogP contribution in [0.1, 0.15) is 12.0 Å². The molecule has 0 radical (unpaired) electrons. The van der Waals surface area contributed by atoms with Gasteiger partial charge in [-0.1, -0.05) is 11.6 Å². The third-order valence-electron chi connectivity index (χ3n) is 4.36. The molecule has 3 rings (SSSR count). The first-order valence-corrected chi connectivity index (χ1v) is 7.71. The fourth-order valence-corrected chi connectivity index (χ4v) is 3.32. The molecular formula is C15H22Cl2FN3. The molecule has 1 N–H and O–H groups in total. The van der Waals surface area contributed by atoms with Crippen molar-refractivity contribution in [3.8, 4) is 0 Å². The summed E-state index contributed by atoms with van der Waals surface area (Å²) in [5.74, 6) is -0.208. The van der Waals surface area contributed by atoms with Gasteiger partial charge in [0, 0.05) is 50.3 Å². The number of nitrogens with zero attached hydrogens (tertiary/aromatic N) is 2. The highest BCUT2D eigenvalue weighted by molar-refractivity contribution is 6.31. The summed E-state index contributed by atoms with van der Waals surface area (Å²) in [4.78, 5) is 4.93. The molecule has 2 saturated heterocycles. The molecule has 0 saturated carbocycles. The average molecular weight is 334 g/mol. The molecule has 0 amide bonds. The summed E-state index contributed by atoms with van der Waals surface area (Å²) in [6, 6.07) is 5.31. The van der Waals surface area contributed by atoms with Crippen molar-refractivity contribution in [2.75, 3.05) is 39.3 Å². The van der Waals surface area contributed by atoms with Crippen LogP contribution in [-0.4, -0.2) is 55.1 Å². The van der Waals surface area contributed by atoms with Crippen molar-refractivity contribution in [3.05, 3.63) is 34.6 Å². The topological polar surface area (TPSA) is 18.5 Å². The number of benzene rings is 1. The summed E-state index contributed by atoms with van der Waals surface area (Å²) in [7, 11) is 0. The van der Waals surface area contributed by atoms with Gasteiger partial charge >= 0.3 is 0 Å². The predicted octanol–water partition coefficient (Wildman–Crippen LogP) is 2.38. The number of rotatable bonds is 3. The third kappa shape index (κ3) is 4.30. The second-order valence-electron chi connectivity index (χ2n) is 5.69. The van der Waals surface area contributed by atoms with E-state index in [1.807, 2.05) is 0 Å². The largest absolute Gasteiger partial charge is 0.315 e. The maximum atomic E-state index is 13.3. The highest BCUT2D eigenvalue weighted by Gasteiger charge is 2.26. The zero-order valence-electron chi connectivity index (χ0n) is 12.0. The van der Waals surface area contributed by atoms with E-state index in [0.717, 1.165) is 51.4 Å². The summed E-state index contributed by atoms with van der Waals surface area (Å²) in [5, 5.41) is 4.08. The van der Waals surface area contributed by atoms with E-state index in [1.165, 1.54) is 12.5 Å². The van der Waals surface area contributed by atoms with E-state index in [-0.39, 0.29) is 18.2 Å². The normalized spacial score (nSPS) is 24.0. The van der Waals surface area contributed by atoms with Crippen LogP contribution in [0, 0.1) is 5.82 Å². The van der Waals surface area contributed by atoms with Gasteiger partial charge in [-0.3, -0.25) is 9.80 Å². The van der Waals surface area contributed by atoms with E-state index < -0.39 is 0 Å². The first kappa shape index (κ1) is 17.0. The second kappa shape index (κ2) is 7.75. The summed E-state index contributed by atoms with van der Waals surface area (Å²) in [5.41, 5.74) is 0.891. The maximum Gasteiger partial charge on any atom is 0.123 e. The van der Waals surface area contributed by atoms with Crippen molar-refractivity contribution in [1.82, 2.24) is 15.1 Å². The Hall–Kier alpha value is -0.390. The maximum absolute atomic E-state index is 13.3. The lowest BCUT2D eigenvalue weighted by Crippen LogP contribution is -2.50. The molecule has 0 bridgehead atoms. The Labute approximate surface area is 136 Å². The molecule has 118 valence electrons. The summed E-state index contributed by atoms with van der Waals surface area (Å²) < 4.78 is 13.3. The minimum Gasteiger partial charge on any atom is -0.315 e. The molecule has 1 aromatic rings. The van der Waals surface area contributed by atoms with Crippen LogP contribution in [0.25, 0.3) is 0 Å². The lowest BCUT2D eigenvalue weighted by molar-refractivity contribution is 0.0981. The van der Waals surface area contributed by atoms with E-state index in [9.17, 15) is 4.39 Å². The molecule has 2 aliphatic heterocycles. The van der Waals surface area contributed by atoms with Crippen LogP contribution >= 0.6 is 24.0 Å². The van der Waals surface area contributed by atoms with Crippen molar-refractivity contribution in [3.63, 3.8) is 0 Å². The van der Waals surface area contributed by atoms with Crippen LogP contribution in [0.3, 0.4) is 0 Å². The van der Waals surface area contributed by atoms with Crippen LogP contribution in [0.15, 0.2) is 18.2 Å². The molecule has 0 aromatic heterocycles. The minimum absolute atomic E-state index is 0. The highest BCUT2D eigenvalue weighted by atomic mass is 35.5. The fraction of sp³-hybridized carbons (Fsp3) is 0.600. The monoisotopic (exact) mass is 333 g/mol. The van der Waals surface area contributed by atoms with Gasteiger partial charge in [-0.25, -0.2) is 4.39 Å². The molecule has 2 heterocycles. The van der Waals surface area contributed by atoms with E-state index in [0.29, 0.717) is 11.1 Å². The van der Waals surface area contributed by atoms with Gasteiger partial charge in [-0.2, -0.15) is 0 Å². The zero-order chi connectivity index (χ0) is 13.9. The first-order chi connectivity index (χ1) is 9.72. The van der Waals surface area contributed by atoms with Crippen molar-refractivity contribution >= 4 is 24.0 Å². The lowest BCUT2D eigenvalue weighted by Gasteiger charge is -2.37. The number of hydrogen-bond acceptors (Lipinski definition) is 3. The molecule has 6 heteroatoms. The zero-order valence-corrected chi connectivity index (χ0v) is 13.6. The summed E-state index contributed by atoms with van der Waals surface area (Å²) in [6.45, 7) is 7.26. The van der Waals surface area contributed by atoms with Gasteiger partial charge in [0.25, 0.3) is 0 Å². The molecule has 21 heavy (non-hydrogen) atoms. The third-order valence-corrected chi connectivity index (χ3v) is 4.73. The number of hydrogen-bond donors (Lipinski definition) is 1. The Morgan fingerprint density at radius 2 is 2.00 bits per heavy atom. The van der Waals surface area contributed by atoms with Crippen LogP contribution < -0.4 is 5.32 Å². The van der Waals surface area contributed by atoms with Gasteiger partial charge in [-0.05, 0) is 36.7 Å². The number of piperazine rings is 1. The SMILES string of the molecule is Cl.Fc1ccc(Cl)c(CN2CCN(C3CCNC3)CC2)c1. The lowest BCUT2D eigenvalue weighted by atomic mass is 10.1. The smallest absolute Gasteiger partial charge is 0.123 e. The average Bonchev–Trinajstić information content (AvgIpc) is 2.98. The highest BCUT2D eigenvalue weighted by Crippen LogP contribution is 2.20. The molecule has 0 spiro atoms. The standard InChI is InChI=1S/C15H21ClFN3.ClH/c16-15-2-1-13(17)9-12(15)11-19-5-7-20(8-6-19)14-3-4-18-10-14;/h1-2,9,14,18H,3-8,10-11H2;1H. The number of halogens is 3. The Kier molecular flexibility index (Phi) is 6.26. The van der Waals surface area contributed by atoms with Crippen LogP contribution in [0.5, 0.6) is 0 Å². The second-order valence-corrected chi connectivity index (χ2v) is 6.10. The molecule has 1 atom stereocenters. The molecule has 0 aliphatic carbocycles. The van der Waals surface area contributed by atoms with E-state index in [4.69, 9.17) is 11.6 Å². The van der Waals surface area contributed by atoms with Crippen LogP contribution in [0.4, 0.5) is 4.39 Å². The molecular weight excluding hydrogens is 312 g/mol. The quantitative estimate of drug-likeness (QED) is 0.916. The summed E-state index contributed by atoms with van der Waals surface area (Å²) >= 11 is 6.14. The molecule has 3 nitrogen and oxygen atoms in total. The summed E-state index contributed by atoms with van der Waals surface area (Å²) in [6.07, 6.45) is 1.26. The minimum atomic E-state index is -0.208. The molecule has 1 unspecified atom stereocenters. The predicted molar refractivity (Wildman–Crippen MR) is 86.8 cm³/mol. The molecule has 1 aromatic carbocycles. The first-order valence-electron chi connectivity index (χ1n) is 7.33. The number of nitrogens with one attached hydrogen (secondary N) is 1. The Morgan fingerprint density at radius 3 is 2.67 bits per heavy atom. The van der Waals surface area contributed by atoms with E-state index in [1.54, 1.807) is 12.1 Å². The van der Waals surface area contributed by atoms with Gasteiger partial charge in [0.05, 0.1) is 0 Å². The molecule has 2 aliphatic rings. The fourth-order valence-electron chi connectivity index (χ4n) is 3.14. The van der Waals surface area contributed by atoms with E-state index in [2.05, 4.69) is 15.1 Å². The van der Waals surface area contributed by atoms with Crippen molar-refractivity contribution < 1.29 is 4.39 Å². The van der Waals surface area contributed by atoms with Gasteiger partial charge < -0.3 is 5.32 Å². The van der Waals surface area contributed by atoms with Crippen LogP contribution in [0.2, 0.25) is 5.02 Å². The van der Waals surface area contributed by atoms with Crippen molar-refractivity contribution in [1.29, 1.82) is 0 Å². The Morgan fingerprint density at radius 1 is 1.24 bits per heavy atom. The van der Waals surface area contributed by atoms with Gasteiger partial charge in [0.2, 0.25) is 0 Å². The van der Waals surface area contributed by atoms with Gasteiger partial charge in [0.15, 0.2) is 0 Å². The van der Waals surface area contributed by atoms with Gasteiger partial charge in [0.1, 0.15) is 5.82 Å².